The highest BCUT2D eigenvalue weighted by Crippen LogP contribution is 2.32. The van der Waals surface area contributed by atoms with E-state index >= 15 is 0 Å². The van der Waals surface area contributed by atoms with Gasteiger partial charge in [-0.2, -0.15) is 0 Å². The van der Waals surface area contributed by atoms with Crippen LogP contribution in [0.15, 0.2) is 63.5 Å². The van der Waals surface area contributed by atoms with Crippen LogP contribution in [0.1, 0.15) is 11.1 Å². The molecule has 1 aliphatic rings. The third-order valence-electron chi connectivity index (χ3n) is 5.35. The molecule has 0 fully saturated rings. The van der Waals surface area contributed by atoms with Crippen LogP contribution in [0.5, 0.6) is 11.5 Å². The molecule has 168 valence electrons. The number of carbonyl (C=O) groups excluding carboxylic acids is 1. The summed E-state index contributed by atoms with van der Waals surface area (Å²) in [5, 5.41) is 4.46. The van der Waals surface area contributed by atoms with E-state index in [4.69, 9.17) is 9.47 Å². The first-order valence-corrected chi connectivity index (χ1v) is 11.0. The molecule has 0 atom stereocenters. The third-order valence-corrected chi connectivity index (χ3v) is 6.24. The van der Waals surface area contributed by atoms with Gasteiger partial charge >= 0.3 is 5.69 Å². The Kier molecular flexibility index (Phi) is 5.43. The summed E-state index contributed by atoms with van der Waals surface area (Å²) in [6, 6.07) is 12.9. The van der Waals surface area contributed by atoms with Gasteiger partial charge in [-0.3, -0.25) is 18.7 Å². The molecule has 5 rings (SSSR count). The van der Waals surface area contributed by atoms with Crippen molar-refractivity contribution in [3.05, 3.63) is 91.7 Å². The van der Waals surface area contributed by atoms with Crippen LogP contribution >= 0.6 is 11.3 Å². The number of aromatic nitrogens is 2. The minimum atomic E-state index is -0.674. The summed E-state index contributed by atoms with van der Waals surface area (Å²) in [5.41, 5.74) is 0.215. The zero-order valence-electron chi connectivity index (χ0n) is 17.2. The molecule has 0 saturated heterocycles. The first kappa shape index (κ1) is 21.0. The number of benzene rings is 2. The van der Waals surface area contributed by atoms with Crippen LogP contribution in [0.25, 0.3) is 10.2 Å². The summed E-state index contributed by atoms with van der Waals surface area (Å²) in [7, 11) is 0. The summed E-state index contributed by atoms with van der Waals surface area (Å²) < 4.78 is 27.3. The minimum Gasteiger partial charge on any atom is -0.454 e. The van der Waals surface area contributed by atoms with Crippen molar-refractivity contribution in [1.29, 1.82) is 0 Å². The molecular formula is C23H18FN3O5S. The zero-order chi connectivity index (χ0) is 22.9. The van der Waals surface area contributed by atoms with Crippen molar-refractivity contribution in [1.82, 2.24) is 14.5 Å². The summed E-state index contributed by atoms with van der Waals surface area (Å²) in [4.78, 5) is 38.7. The highest BCUT2D eigenvalue weighted by Gasteiger charge is 2.18. The largest absolute Gasteiger partial charge is 0.454 e. The van der Waals surface area contributed by atoms with Gasteiger partial charge in [0.25, 0.3) is 5.56 Å². The second kappa shape index (κ2) is 8.55. The summed E-state index contributed by atoms with van der Waals surface area (Å²) in [6.07, 6.45) is 0. The molecule has 2 aromatic carbocycles. The Hall–Kier alpha value is -3.92. The number of amides is 1. The van der Waals surface area contributed by atoms with E-state index in [2.05, 4.69) is 5.32 Å². The Morgan fingerprint density at radius 3 is 2.73 bits per heavy atom. The Morgan fingerprint density at radius 1 is 1.06 bits per heavy atom. The molecule has 1 amide bonds. The van der Waals surface area contributed by atoms with Crippen LogP contribution in [0, 0.1) is 5.82 Å². The number of halogens is 1. The van der Waals surface area contributed by atoms with Crippen LogP contribution in [0.4, 0.5) is 4.39 Å². The van der Waals surface area contributed by atoms with E-state index in [1.165, 1.54) is 34.1 Å². The van der Waals surface area contributed by atoms with Gasteiger partial charge in [-0.15, -0.1) is 11.3 Å². The predicted octanol–water partition coefficient (Wildman–Crippen LogP) is 2.46. The van der Waals surface area contributed by atoms with Crippen molar-refractivity contribution in [2.45, 2.75) is 19.6 Å². The van der Waals surface area contributed by atoms with Crippen molar-refractivity contribution >= 4 is 27.5 Å². The molecule has 0 radical (unpaired) electrons. The molecule has 8 nitrogen and oxygen atoms in total. The predicted molar refractivity (Wildman–Crippen MR) is 120 cm³/mol. The lowest BCUT2D eigenvalue weighted by molar-refractivity contribution is -0.121. The van der Waals surface area contributed by atoms with E-state index in [1.807, 2.05) is 6.07 Å². The molecular weight excluding hydrogens is 449 g/mol. The fraction of sp³-hybridized carbons (Fsp3) is 0.174. The topological polar surface area (TPSA) is 91.6 Å². The zero-order valence-corrected chi connectivity index (χ0v) is 18.1. The van der Waals surface area contributed by atoms with Crippen LogP contribution in [0.3, 0.4) is 0 Å². The highest BCUT2D eigenvalue weighted by molar-refractivity contribution is 7.17. The number of nitrogens with one attached hydrogen (secondary N) is 1. The van der Waals surface area contributed by atoms with E-state index in [1.54, 1.807) is 29.6 Å². The second-order valence-corrected chi connectivity index (χ2v) is 8.37. The summed E-state index contributed by atoms with van der Waals surface area (Å²) >= 11 is 1.17. The molecule has 1 aliphatic heterocycles. The van der Waals surface area contributed by atoms with Crippen LogP contribution < -0.4 is 26.0 Å². The molecule has 0 aliphatic carbocycles. The monoisotopic (exact) mass is 467 g/mol. The van der Waals surface area contributed by atoms with Gasteiger partial charge in [0, 0.05) is 12.1 Å². The SMILES string of the molecule is O=C(Cn1c(=O)n(Cc2ccccc2F)c(=O)c2sccc21)NCc1ccc2c(c1)OCO2. The van der Waals surface area contributed by atoms with Gasteiger partial charge < -0.3 is 14.8 Å². The van der Waals surface area contributed by atoms with Crippen LogP contribution in [0.2, 0.25) is 0 Å². The van der Waals surface area contributed by atoms with Gasteiger partial charge in [-0.05, 0) is 35.2 Å². The van der Waals surface area contributed by atoms with Crippen molar-refractivity contribution in [2.75, 3.05) is 6.79 Å². The number of rotatable bonds is 6. The lowest BCUT2D eigenvalue weighted by Crippen LogP contribution is -2.42. The summed E-state index contributed by atoms with van der Waals surface area (Å²) in [6.45, 7) is -0.121. The number of fused-ring (bicyclic) bond motifs is 2. The fourth-order valence-corrected chi connectivity index (χ4v) is 4.52. The molecule has 33 heavy (non-hydrogen) atoms. The molecule has 0 saturated carbocycles. The van der Waals surface area contributed by atoms with E-state index in [9.17, 15) is 18.8 Å². The quantitative estimate of drug-likeness (QED) is 0.471. The normalized spacial score (nSPS) is 12.3. The third kappa shape index (κ3) is 4.00. The first-order chi connectivity index (χ1) is 16.0. The lowest BCUT2D eigenvalue weighted by atomic mass is 10.2. The van der Waals surface area contributed by atoms with Crippen LogP contribution in [-0.2, 0) is 24.4 Å². The van der Waals surface area contributed by atoms with Gasteiger partial charge in [-0.25, -0.2) is 9.18 Å². The number of hydrogen-bond acceptors (Lipinski definition) is 6. The number of carbonyl (C=O) groups is 1. The molecule has 0 unspecified atom stereocenters. The fourth-order valence-electron chi connectivity index (χ4n) is 3.67. The Bertz CT molecular complexity index is 1490. The standard InChI is InChI=1S/C23H18FN3O5S/c24-16-4-2-1-3-15(16)11-27-22(29)21-17(7-8-33-21)26(23(27)30)12-20(28)25-10-14-5-6-18-19(9-14)32-13-31-18/h1-9H,10-13H2,(H,25,28). The maximum atomic E-state index is 14.1. The Balaban J connectivity index is 1.41. The molecule has 1 N–H and O–H groups in total. The van der Waals surface area contributed by atoms with Gasteiger partial charge in [0.15, 0.2) is 11.5 Å². The minimum absolute atomic E-state index is 0.160. The van der Waals surface area contributed by atoms with E-state index in [-0.39, 0.29) is 32.0 Å². The molecule has 4 aromatic rings. The maximum absolute atomic E-state index is 14.1. The highest BCUT2D eigenvalue weighted by atomic mass is 32.1. The maximum Gasteiger partial charge on any atom is 0.332 e. The van der Waals surface area contributed by atoms with Gasteiger partial charge in [0.1, 0.15) is 17.1 Å². The Morgan fingerprint density at radius 2 is 1.88 bits per heavy atom. The molecule has 3 heterocycles. The van der Waals surface area contributed by atoms with Crippen LogP contribution in [-0.4, -0.2) is 21.8 Å². The lowest BCUT2D eigenvalue weighted by Gasteiger charge is -2.13. The molecule has 10 heteroatoms. The molecule has 0 spiro atoms. The number of ether oxygens (including phenoxy) is 2. The summed E-state index contributed by atoms with van der Waals surface area (Å²) in [5.74, 6) is 0.341. The van der Waals surface area contributed by atoms with Gasteiger partial charge in [0.2, 0.25) is 12.7 Å². The van der Waals surface area contributed by atoms with E-state index in [0.717, 1.165) is 10.1 Å². The molecule has 0 bridgehead atoms. The average Bonchev–Trinajstić information content (AvgIpc) is 3.48. The van der Waals surface area contributed by atoms with E-state index < -0.39 is 23.0 Å². The number of nitrogens with zero attached hydrogens (tertiary/aromatic N) is 2. The van der Waals surface area contributed by atoms with Crippen molar-refractivity contribution in [3.63, 3.8) is 0 Å². The number of hydrogen-bond donors (Lipinski definition) is 1. The van der Waals surface area contributed by atoms with Gasteiger partial charge in [0.05, 0.1) is 12.1 Å². The number of thiophene rings is 1. The van der Waals surface area contributed by atoms with Crippen molar-refractivity contribution < 1.29 is 18.7 Å². The first-order valence-electron chi connectivity index (χ1n) is 10.1. The van der Waals surface area contributed by atoms with Crippen molar-refractivity contribution in [2.24, 2.45) is 0 Å². The second-order valence-electron chi connectivity index (χ2n) is 7.45. The van der Waals surface area contributed by atoms with Gasteiger partial charge in [-0.1, -0.05) is 24.3 Å². The molecule has 2 aromatic heterocycles. The Labute approximate surface area is 190 Å². The average molecular weight is 467 g/mol. The smallest absolute Gasteiger partial charge is 0.332 e. The van der Waals surface area contributed by atoms with Crippen molar-refractivity contribution in [3.8, 4) is 11.5 Å². The van der Waals surface area contributed by atoms with E-state index in [0.29, 0.717) is 21.7 Å².